The summed E-state index contributed by atoms with van der Waals surface area (Å²) in [6, 6.07) is 6.88. The first kappa shape index (κ1) is 16.2. The average Bonchev–Trinajstić information content (AvgIpc) is 2.86. The van der Waals surface area contributed by atoms with Crippen molar-refractivity contribution in [1.82, 2.24) is 9.62 Å². The van der Waals surface area contributed by atoms with E-state index in [4.69, 9.17) is 0 Å². The largest absolute Gasteiger partial charge is 0.316 e. The number of rotatable bonds is 2. The molecule has 0 aliphatic carbocycles. The molecule has 2 fully saturated rings. The normalized spacial score (nSPS) is 26.9. The molecule has 2 aliphatic heterocycles. The Hall–Kier alpha value is -0.140. The first-order valence-electron chi connectivity index (χ1n) is 6.54. The van der Waals surface area contributed by atoms with Crippen LogP contribution in [0.25, 0.3) is 0 Å². The number of halogens is 2. The van der Waals surface area contributed by atoms with E-state index in [0.29, 0.717) is 29.8 Å². The fourth-order valence-electron chi connectivity index (χ4n) is 2.98. The van der Waals surface area contributed by atoms with Crippen LogP contribution in [0, 0.1) is 11.8 Å². The van der Waals surface area contributed by atoms with E-state index in [2.05, 4.69) is 21.2 Å². The van der Waals surface area contributed by atoms with Crippen molar-refractivity contribution in [2.45, 2.75) is 11.3 Å². The van der Waals surface area contributed by atoms with Crippen LogP contribution in [0.2, 0.25) is 0 Å². The van der Waals surface area contributed by atoms with Gasteiger partial charge in [0.05, 0.1) is 4.90 Å². The van der Waals surface area contributed by atoms with Crippen LogP contribution >= 0.6 is 28.3 Å². The summed E-state index contributed by atoms with van der Waals surface area (Å²) in [6.07, 6.45) is 0.966. The molecule has 7 heteroatoms. The van der Waals surface area contributed by atoms with E-state index in [0.717, 1.165) is 24.0 Å². The van der Waals surface area contributed by atoms with Gasteiger partial charge in [-0.25, -0.2) is 8.42 Å². The third-order valence-electron chi connectivity index (χ3n) is 4.12. The van der Waals surface area contributed by atoms with Crippen LogP contribution in [-0.2, 0) is 10.0 Å². The molecule has 0 radical (unpaired) electrons. The van der Waals surface area contributed by atoms with E-state index < -0.39 is 10.0 Å². The van der Waals surface area contributed by atoms with Crippen LogP contribution in [0.3, 0.4) is 0 Å². The Labute approximate surface area is 134 Å². The highest BCUT2D eigenvalue weighted by molar-refractivity contribution is 9.10. The lowest BCUT2D eigenvalue weighted by Gasteiger charge is -2.33. The highest BCUT2D eigenvalue weighted by atomic mass is 79.9. The van der Waals surface area contributed by atoms with Crippen molar-refractivity contribution in [3.8, 4) is 0 Å². The van der Waals surface area contributed by atoms with Gasteiger partial charge in [-0.1, -0.05) is 15.9 Å². The fraction of sp³-hybridized carbons (Fsp3) is 0.538. The molecule has 20 heavy (non-hydrogen) atoms. The molecule has 0 spiro atoms. The van der Waals surface area contributed by atoms with Gasteiger partial charge in [0.25, 0.3) is 0 Å². The van der Waals surface area contributed by atoms with Crippen molar-refractivity contribution >= 4 is 38.4 Å². The van der Waals surface area contributed by atoms with Crippen LogP contribution in [-0.4, -0.2) is 38.9 Å². The number of hydrogen-bond acceptors (Lipinski definition) is 3. The van der Waals surface area contributed by atoms with E-state index in [1.165, 1.54) is 0 Å². The molecule has 2 unspecified atom stereocenters. The topological polar surface area (TPSA) is 49.4 Å². The average molecular weight is 382 g/mol. The van der Waals surface area contributed by atoms with Crippen molar-refractivity contribution in [2.24, 2.45) is 11.8 Å². The predicted molar refractivity (Wildman–Crippen MR) is 84.6 cm³/mol. The number of sulfonamides is 1. The van der Waals surface area contributed by atoms with Gasteiger partial charge in [-0.05, 0) is 55.6 Å². The molecule has 1 N–H and O–H groups in total. The molecule has 4 nitrogen and oxygen atoms in total. The maximum Gasteiger partial charge on any atom is 0.243 e. The molecule has 1 aromatic carbocycles. The van der Waals surface area contributed by atoms with E-state index >= 15 is 0 Å². The zero-order valence-corrected chi connectivity index (χ0v) is 14.2. The van der Waals surface area contributed by atoms with Gasteiger partial charge in [-0.15, -0.1) is 12.4 Å². The molecular formula is C13H18BrClN2O2S. The van der Waals surface area contributed by atoms with Crippen molar-refractivity contribution in [1.29, 1.82) is 0 Å². The Kier molecular flexibility index (Phi) is 5.13. The molecule has 1 aromatic rings. The third kappa shape index (κ3) is 3.04. The molecule has 3 rings (SSSR count). The summed E-state index contributed by atoms with van der Waals surface area (Å²) in [5.41, 5.74) is 0. The van der Waals surface area contributed by atoms with Crippen LogP contribution in [0.1, 0.15) is 6.42 Å². The highest BCUT2D eigenvalue weighted by Gasteiger charge is 2.37. The maximum absolute atomic E-state index is 12.6. The monoisotopic (exact) mass is 380 g/mol. The van der Waals surface area contributed by atoms with Gasteiger partial charge in [-0.2, -0.15) is 4.31 Å². The number of nitrogens with zero attached hydrogens (tertiary/aromatic N) is 1. The quantitative estimate of drug-likeness (QED) is 0.853. The number of fused-ring (bicyclic) bond motifs is 1. The van der Waals surface area contributed by atoms with Crippen LogP contribution < -0.4 is 5.32 Å². The Morgan fingerprint density at radius 3 is 2.50 bits per heavy atom. The Morgan fingerprint density at radius 2 is 1.80 bits per heavy atom. The Bertz CT molecular complexity index is 564. The second-order valence-corrected chi connectivity index (χ2v) is 8.14. The fourth-order valence-corrected chi connectivity index (χ4v) is 4.75. The molecule has 2 atom stereocenters. The smallest absolute Gasteiger partial charge is 0.243 e. The molecule has 0 bridgehead atoms. The number of nitrogens with one attached hydrogen (secondary N) is 1. The van der Waals surface area contributed by atoms with Crippen LogP contribution in [0.4, 0.5) is 0 Å². The van der Waals surface area contributed by atoms with Gasteiger partial charge >= 0.3 is 0 Å². The minimum atomic E-state index is -3.33. The molecule has 0 aromatic heterocycles. The molecule has 112 valence electrons. The standard InChI is InChI=1S/C13H17BrN2O2S.ClH/c14-12-1-3-13(4-2-12)19(17,18)16-6-5-10-7-15-8-11(10)9-16;/h1-4,10-11,15H,5-9H2;1H. The summed E-state index contributed by atoms with van der Waals surface area (Å²) in [5, 5.41) is 3.36. The van der Waals surface area contributed by atoms with Gasteiger partial charge in [-0.3, -0.25) is 0 Å². The minimum absolute atomic E-state index is 0. The molecule has 2 heterocycles. The van der Waals surface area contributed by atoms with Gasteiger partial charge in [0.1, 0.15) is 0 Å². The van der Waals surface area contributed by atoms with Gasteiger partial charge in [0.15, 0.2) is 0 Å². The van der Waals surface area contributed by atoms with Crippen molar-refractivity contribution in [3.63, 3.8) is 0 Å². The molecule has 2 aliphatic rings. The summed E-state index contributed by atoms with van der Waals surface area (Å²) in [7, 11) is -3.33. The lowest BCUT2D eigenvalue weighted by atomic mass is 9.90. The SMILES string of the molecule is Cl.O=S(=O)(c1ccc(Br)cc1)N1CCC2CNCC2C1. The molecule has 0 saturated carbocycles. The first-order chi connectivity index (χ1) is 9.07. The lowest BCUT2D eigenvalue weighted by Crippen LogP contribution is -2.43. The van der Waals surface area contributed by atoms with Crippen molar-refractivity contribution < 1.29 is 8.42 Å². The highest BCUT2D eigenvalue weighted by Crippen LogP contribution is 2.30. The summed E-state index contributed by atoms with van der Waals surface area (Å²) in [4.78, 5) is 0.389. The van der Waals surface area contributed by atoms with Crippen molar-refractivity contribution in [3.05, 3.63) is 28.7 Å². The Morgan fingerprint density at radius 1 is 1.15 bits per heavy atom. The van der Waals surface area contributed by atoms with E-state index in [1.807, 2.05) is 0 Å². The second-order valence-electron chi connectivity index (χ2n) is 5.28. The van der Waals surface area contributed by atoms with Crippen LogP contribution in [0.5, 0.6) is 0 Å². The Balaban J connectivity index is 0.00000147. The summed E-state index contributed by atoms with van der Waals surface area (Å²) < 4.78 is 27.7. The number of piperidine rings is 1. The third-order valence-corrected chi connectivity index (χ3v) is 6.53. The summed E-state index contributed by atoms with van der Waals surface area (Å²) in [6.45, 7) is 3.27. The van der Waals surface area contributed by atoms with E-state index in [9.17, 15) is 8.42 Å². The van der Waals surface area contributed by atoms with Gasteiger partial charge in [0.2, 0.25) is 10.0 Å². The minimum Gasteiger partial charge on any atom is -0.316 e. The second kappa shape index (κ2) is 6.32. The predicted octanol–water partition coefficient (Wildman–Crippen LogP) is 2.10. The maximum atomic E-state index is 12.6. The van der Waals surface area contributed by atoms with E-state index in [-0.39, 0.29) is 12.4 Å². The van der Waals surface area contributed by atoms with Crippen LogP contribution in [0.15, 0.2) is 33.6 Å². The van der Waals surface area contributed by atoms with Gasteiger partial charge < -0.3 is 5.32 Å². The summed E-state index contributed by atoms with van der Waals surface area (Å²) in [5.74, 6) is 1.12. The zero-order valence-electron chi connectivity index (χ0n) is 11.0. The molecule has 2 saturated heterocycles. The van der Waals surface area contributed by atoms with E-state index in [1.54, 1.807) is 28.6 Å². The first-order valence-corrected chi connectivity index (χ1v) is 8.77. The summed E-state index contributed by atoms with van der Waals surface area (Å²) >= 11 is 3.33. The van der Waals surface area contributed by atoms with Gasteiger partial charge in [0, 0.05) is 17.6 Å². The lowest BCUT2D eigenvalue weighted by molar-refractivity contribution is 0.228. The van der Waals surface area contributed by atoms with Crippen molar-refractivity contribution in [2.75, 3.05) is 26.2 Å². The number of benzene rings is 1. The molecule has 0 amide bonds. The number of hydrogen-bond donors (Lipinski definition) is 1. The molecular weight excluding hydrogens is 364 g/mol. The zero-order chi connectivity index (χ0) is 13.5.